The normalized spacial score (nSPS) is 36.6. The summed E-state index contributed by atoms with van der Waals surface area (Å²) < 4.78 is 0. The molecule has 112 valence electrons. The molecule has 0 saturated heterocycles. The lowest BCUT2D eigenvalue weighted by Gasteiger charge is -2.54. The van der Waals surface area contributed by atoms with Crippen molar-refractivity contribution in [1.29, 1.82) is 0 Å². The number of hydrogen-bond donors (Lipinski definition) is 1. The molecule has 0 aromatic carbocycles. The molecule has 2 nitrogen and oxygen atoms in total. The molecule has 2 aliphatic rings. The summed E-state index contributed by atoms with van der Waals surface area (Å²) in [7, 11) is 2.36. The summed E-state index contributed by atoms with van der Waals surface area (Å²) in [6.45, 7) is 8.11. The third-order valence-corrected chi connectivity index (χ3v) is 5.69. The molecular weight excluding hydrogens is 232 g/mol. The van der Waals surface area contributed by atoms with Crippen molar-refractivity contribution < 1.29 is 0 Å². The van der Waals surface area contributed by atoms with Gasteiger partial charge in [0.15, 0.2) is 0 Å². The van der Waals surface area contributed by atoms with Gasteiger partial charge in [-0.15, -0.1) is 0 Å². The molecule has 2 saturated carbocycles. The van der Waals surface area contributed by atoms with Crippen LogP contribution in [0.2, 0.25) is 0 Å². The van der Waals surface area contributed by atoms with E-state index in [1.165, 1.54) is 51.4 Å². The fourth-order valence-electron chi connectivity index (χ4n) is 5.12. The molecule has 2 fully saturated rings. The Balaban J connectivity index is 2.15. The summed E-state index contributed by atoms with van der Waals surface area (Å²) in [6, 6.07) is 0.776. The first-order chi connectivity index (χ1) is 8.88. The maximum Gasteiger partial charge on any atom is 0.0339 e. The fourth-order valence-corrected chi connectivity index (χ4v) is 5.12. The van der Waals surface area contributed by atoms with Crippen LogP contribution in [0.4, 0.5) is 0 Å². The van der Waals surface area contributed by atoms with Gasteiger partial charge in [0.2, 0.25) is 0 Å². The van der Waals surface area contributed by atoms with E-state index in [1.807, 2.05) is 0 Å². The van der Waals surface area contributed by atoms with Crippen LogP contribution >= 0.6 is 0 Å². The minimum absolute atomic E-state index is 0.253. The van der Waals surface area contributed by atoms with Gasteiger partial charge in [-0.05, 0) is 50.5 Å². The first-order valence-electron chi connectivity index (χ1n) is 8.32. The van der Waals surface area contributed by atoms with E-state index in [9.17, 15) is 0 Å². The third-order valence-electron chi connectivity index (χ3n) is 5.69. The summed E-state index contributed by atoms with van der Waals surface area (Å²) >= 11 is 0. The molecule has 0 amide bonds. The van der Waals surface area contributed by atoms with Gasteiger partial charge in [0.1, 0.15) is 0 Å². The number of likely N-dealkylation sites (N-methyl/N-ethyl adjacent to an activating group) is 1. The van der Waals surface area contributed by atoms with Gasteiger partial charge in [-0.2, -0.15) is 0 Å². The second kappa shape index (κ2) is 5.73. The SMILES string of the molecule is CC1CC(C)(C)CC(CN)(N(C)C2CCCCC2)C1. The average molecular weight is 266 g/mol. The highest BCUT2D eigenvalue weighted by molar-refractivity contribution is 5.02. The molecule has 19 heavy (non-hydrogen) atoms. The van der Waals surface area contributed by atoms with Crippen molar-refractivity contribution in [2.45, 2.75) is 83.7 Å². The first kappa shape index (κ1) is 15.3. The van der Waals surface area contributed by atoms with Gasteiger partial charge < -0.3 is 5.73 Å². The summed E-state index contributed by atoms with van der Waals surface area (Å²) in [4.78, 5) is 2.70. The third kappa shape index (κ3) is 3.33. The maximum atomic E-state index is 6.29. The lowest BCUT2D eigenvalue weighted by Crippen LogP contribution is -2.60. The van der Waals surface area contributed by atoms with Gasteiger partial charge in [-0.25, -0.2) is 0 Å². The van der Waals surface area contributed by atoms with Crippen LogP contribution in [0.5, 0.6) is 0 Å². The topological polar surface area (TPSA) is 29.3 Å². The van der Waals surface area contributed by atoms with Crippen molar-refractivity contribution in [3.63, 3.8) is 0 Å². The summed E-state index contributed by atoms with van der Waals surface area (Å²) in [6.07, 6.45) is 10.9. The highest BCUT2D eigenvalue weighted by atomic mass is 15.2. The highest BCUT2D eigenvalue weighted by Crippen LogP contribution is 2.47. The molecule has 2 rings (SSSR count). The largest absolute Gasteiger partial charge is 0.329 e. The van der Waals surface area contributed by atoms with Gasteiger partial charge in [0.05, 0.1) is 0 Å². The summed E-state index contributed by atoms with van der Waals surface area (Å²) in [5.74, 6) is 0.804. The van der Waals surface area contributed by atoms with Crippen molar-refractivity contribution in [3.8, 4) is 0 Å². The van der Waals surface area contributed by atoms with E-state index in [4.69, 9.17) is 5.73 Å². The zero-order valence-corrected chi connectivity index (χ0v) is 13.5. The molecule has 2 N–H and O–H groups in total. The standard InChI is InChI=1S/C17H34N2/c1-14-10-16(2,3)12-17(11-14,13-18)19(4)15-8-6-5-7-9-15/h14-15H,5-13,18H2,1-4H3. The lowest BCUT2D eigenvalue weighted by molar-refractivity contribution is -0.0277. The van der Waals surface area contributed by atoms with Gasteiger partial charge in [-0.3, -0.25) is 4.90 Å². The minimum atomic E-state index is 0.253. The molecule has 0 aliphatic heterocycles. The number of nitrogens with zero attached hydrogens (tertiary/aromatic N) is 1. The van der Waals surface area contributed by atoms with Crippen LogP contribution in [0.3, 0.4) is 0 Å². The Labute approximate surface area is 120 Å². The van der Waals surface area contributed by atoms with E-state index in [0.29, 0.717) is 5.41 Å². The number of hydrogen-bond acceptors (Lipinski definition) is 2. The predicted octanol–water partition coefficient (Wildman–Crippen LogP) is 3.79. The monoisotopic (exact) mass is 266 g/mol. The second-order valence-electron chi connectivity index (χ2n) is 8.19. The van der Waals surface area contributed by atoms with Crippen LogP contribution in [0.15, 0.2) is 0 Å². The van der Waals surface area contributed by atoms with E-state index in [0.717, 1.165) is 18.5 Å². The molecule has 0 bridgehead atoms. The average Bonchev–Trinajstić information content (AvgIpc) is 2.36. The van der Waals surface area contributed by atoms with Crippen LogP contribution in [0.1, 0.15) is 72.1 Å². The van der Waals surface area contributed by atoms with Crippen molar-refractivity contribution in [1.82, 2.24) is 4.90 Å². The first-order valence-corrected chi connectivity index (χ1v) is 8.32. The second-order valence-corrected chi connectivity index (χ2v) is 8.19. The molecule has 0 heterocycles. The zero-order valence-electron chi connectivity index (χ0n) is 13.5. The molecule has 0 radical (unpaired) electrons. The van der Waals surface area contributed by atoms with Crippen LogP contribution in [0.25, 0.3) is 0 Å². The molecule has 0 spiro atoms. The van der Waals surface area contributed by atoms with E-state index >= 15 is 0 Å². The van der Waals surface area contributed by atoms with Crippen LogP contribution < -0.4 is 5.73 Å². The smallest absolute Gasteiger partial charge is 0.0339 e. The van der Waals surface area contributed by atoms with Crippen molar-refractivity contribution in [2.24, 2.45) is 17.1 Å². The predicted molar refractivity (Wildman–Crippen MR) is 83.2 cm³/mol. The molecule has 0 aromatic rings. The van der Waals surface area contributed by atoms with Crippen molar-refractivity contribution in [3.05, 3.63) is 0 Å². The van der Waals surface area contributed by atoms with Crippen LogP contribution in [-0.2, 0) is 0 Å². The molecule has 0 aromatic heterocycles. The molecular formula is C17H34N2. The Kier molecular flexibility index (Phi) is 4.62. The van der Waals surface area contributed by atoms with Gasteiger partial charge in [-0.1, -0.05) is 40.0 Å². The maximum absolute atomic E-state index is 6.29. The quantitative estimate of drug-likeness (QED) is 0.842. The lowest BCUT2D eigenvalue weighted by atomic mass is 9.63. The van der Waals surface area contributed by atoms with Crippen molar-refractivity contribution >= 4 is 0 Å². The summed E-state index contributed by atoms with van der Waals surface area (Å²) in [5.41, 5.74) is 6.99. The van der Waals surface area contributed by atoms with Crippen molar-refractivity contribution in [2.75, 3.05) is 13.6 Å². The Hall–Kier alpha value is -0.0800. The van der Waals surface area contributed by atoms with E-state index in [-0.39, 0.29) is 5.54 Å². The Morgan fingerprint density at radius 1 is 1.11 bits per heavy atom. The number of nitrogens with two attached hydrogens (primary N) is 1. The van der Waals surface area contributed by atoms with Gasteiger partial charge in [0, 0.05) is 18.1 Å². The van der Waals surface area contributed by atoms with E-state index in [1.54, 1.807) is 0 Å². The van der Waals surface area contributed by atoms with Gasteiger partial charge in [0.25, 0.3) is 0 Å². The van der Waals surface area contributed by atoms with Crippen LogP contribution in [-0.4, -0.2) is 30.1 Å². The molecule has 2 unspecified atom stereocenters. The minimum Gasteiger partial charge on any atom is -0.329 e. The fraction of sp³-hybridized carbons (Fsp3) is 1.00. The zero-order chi connectivity index (χ0) is 14.1. The van der Waals surface area contributed by atoms with E-state index < -0.39 is 0 Å². The Morgan fingerprint density at radius 3 is 2.26 bits per heavy atom. The van der Waals surface area contributed by atoms with Gasteiger partial charge >= 0.3 is 0 Å². The number of rotatable bonds is 3. The Morgan fingerprint density at radius 2 is 1.74 bits per heavy atom. The van der Waals surface area contributed by atoms with E-state index in [2.05, 4.69) is 32.7 Å². The molecule has 2 aliphatic carbocycles. The molecule has 2 atom stereocenters. The van der Waals surface area contributed by atoms with Crippen LogP contribution in [0, 0.1) is 11.3 Å². The Bertz CT molecular complexity index is 294. The highest BCUT2D eigenvalue weighted by Gasteiger charge is 2.46. The molecule has 2 heteroatoms. The summed E-state index contributed by atoms with van der Waals surface area (Å²) in [5, 5.41) is 0.